The monoisotopic (exact) mass is 515 g/mol. The van der Waals surface area contributed by atoms with Gasteiger partial charge in [-0.3, -0.25) is 4.79 Å². The molecule has 1 N–H and O–H groups in total. The molecule has 0 saturated carbocycles. The first kappa shape index (κ1) is 24.5. The van der Waals surface area contributed by atoms with Crippen LogP contribution in [0.1, 0.15) is 76.1 Å². The van der Waals surface area contributed by atoms with Crippen LogP contribution in [0.5, 0.6) is 0 Å². The van der Waals surface area contributed by atoms with E-state index in [0.717, 1.165) is 60.6 Å². The predicted octanol–water partition coefficient (Wildman–Crippen LogP) is 6.76. The molecule has 0 saturated heterocycles. The van der Waals surface area contributed by atoms with Crippen molar-refractivity contribution in [1.82, 2.24) is 15.1 Å². The van der Waals surface area contributed by atoms with Gasteiger partial charge in [0.2, 0.25) is 0 Å². The molecule has 2 aliphatic carbocycles. The third kappa shape index (κ3) is 4.62. The molecule has 38 heavy (non-hydrogen) atoms. The molecule has 0 radical (unpaired) electrons. The maximum Gasteiger partial charge on any atom is 0.272 e. The number of fused-ring (bicyclic) bond motifs is 2. The molecule has 1 amide bonds. The first-order valence-corrected chi connectivity index (χ1v) is 13.2. The van der Waals surface area contributed by atoms with E-state index in [-0.39, 0.29) is 35.1 Å². The Kier molecular flexibility index (Phi) is 6.52. The summed E-state index contributed by atoms with van der Waals surface area (Å²) < 4.78 is 44.3. The van der Waals surface area contributed by atoms with Gasteiger partial charge in [0.25, 0.3) is 5.91 Å². The van der Waals surface area contributed by atoms with Crippen molar-refractivity contribution < 1.29 is 18.0 Å². The maximum atomic E-state index is 15.1. The second-order valence-corrected chi connectivity index (χ2v) is 10.3. The molecule has 0 fully saturated rings. The maximum absolute atomic E-state index is 15.1. The molecule has 0 spiro atoms. The average molecular weight is 516 g/mol. The highest BCUT2D eigenvalue weighted by atomic mass is 19.1. The standard InChI is InChI=1S/C31H28F3N3O/c32-22-9-5-6-19(17-22)16-21-8-2-4-11-25-29(31(38)35-27-14-12-20-7-1-3-10-24(20)27)36-37(30(21)25)28-15-13-23(33)18-26(28)34/h1,3,5-7,9-10,13,15,17-18,21,27H,2,4,8,11-12,14,16H2,(H,35,38)/t21?,27-/m0/s1. The average Bonchev–Trinajstić information content (AvgIpc) is 3.41. The summed E-state index contributed by atoms with van der Waals surface area (Å²) in [4.78, 5) is 13.7. The Hall–Kier alpha value is -3.87. The minimum Gasteiger partial charge on any atom is -0.344 e. The van der Waals surface area contributed by atoms with Crippen molar-refractivity contribution in [1.29, 1.82) is 0 Å². The van der Waals surface area contributed by atoms with Crippen LogP contribution in [0, 0.1) is 17.5 Å². The molecule has 7 heteroatoms. The van der Waals surface area contributed by atoms with Crippen molar-refractivity contribution in [3.63, 3.8) is 0 Å². The molecule has 1 unspecified atom stereocenters. The number of nitrogens with one attached hydrogen (secondary N) is 1. The number of hydrogen-bond acceptors (Lipinski definition) is 2. The second kappa shape index (κ2) is 10.1. The van der Waals surface area contributed by atoms with Gasteiger partial charge in [-0.15, -0.1) is 0 Å². The fourth-order valence-electron chi connectivity index (χ4n) is 6.06. The fraction of sp³-hybridized carbons (Fsp3) is 0.290. The third-order valence-electron chi connectivity index (χ3n) is 7.80. The first-order chi connectivity index (χ1) is 18.5. The molecule has 2 aliphatic rings. The van der Waals surface area contributed by atoms with Crippen molar-refractivity contribution in [3.05, 3.63) is 118 Å². The lowest BCUT2D eigenvalue weighted by Gasteiger charge is -2.19. The van der Waals surface area contributed by atoms with Crippen LogP contribution in [0.15, 0.2) is 66.7 Å². The SMILES string of the molecule is O=C(N[C@H]1CCc2ccccc21)c1nn(-c2ccc(F)cc2F)c2c1CCCCC2Cc1cccc(F)c1. The van der Waals surface area contributed by atoms with Gasteiger partial charge in [-0.25, -0.2) is 17.9 Å². The van der Waals surface area contributed by atoms with E-state index in [4.69, 9.17) is 0 Å². The number of amides is 1. The summed E-state index contributed by atoms with van der Waals surface area (Å²) in [6.07, 6.45) is 5.41. The summed E-state index contributed by atoms with van der Waals surface area (Å²) in [6.45, 7) is 0. The molecular weight excluding hydrogens is 487 g/mol. The van der Waals surface area contributed by atoms with Crippen LogP contribution >= 0.6 is 0 Å². The second-order valence-electron chi connectivity index (χ2n) is 10.3. The first-order valence-electron chi connectivity index (χ1n) is 13.2. The van der Waals surface area contributed by atoms with Gasteiger partial charge in [0.15, 0.2) is 11.5 Å². The Morgan fingerprint density at radius 3 is 2.61 bits per heavy atom. The minimum absolute atomic E-state index is 0.0963. The zero-order valence-corrected chi connectivity index (χ0v) is 20.9. The normalized spacial score (nSPS) is 18.5. The summed E-state index contributed by atoms with van der Waals surface area (Å²) in [6, 6.07) is 17.8. The van der Waals surface area contributed by atoms with E-state index in [1.807, 2.05) is 24.3 Å². The molecule has 1 heterocycles. The van der Waals surface area contributed by atoms with Gasteiger partial charge in [0, 0.05) is 17.5 Å². The van der Waals surface area contributed by atoms with Crippen LogP contribution in [-0.4, -0.2) is 15.7 Å². The summed E-state index contributed by atoms with van der Waals surface area (Å²) in [5, 5.41) is 7.83. The van der Waals surface area contributed by atoms with Crippen LogP contribution in [-0.2, 0) is 19.3 Å². The Labute approximate surface area is 219 Å². The van der Waals surface area contributed by atoms with Crippen LogP contribution in [0.4, 0.5) is 13.2 Å². The minimum atomic E-state index is -0.749. The van der Waals surface area contributed by atoms with Crippen LogP contribution in [0.25, 0.3) is 5.69 Å². The summed E-state index contributed by atoms with van der Waals surface area (Å²) >= 11 is 0. The van der Waals surface area contributed by atoms with Crippen LogP contribution in [0.3, 0.4) is 0 Å². The molecule has 3 aromatic carbocycles. The van der Waals surface area contributed by atoms with Crippen molar-refractivity contribution >= 4 is 5.91 Å². The highest BCUT2D eigenvalue weighted by Crippen LogP contribution is 2.38. The lowest BCUT2D eigenvalue weighted by Crippen LogP contribution is -2.28. The molecule has 4 aromatic rings. The number of aryl methyl sites for hydroxylation is 1. The van der Waals surface area contributed by atoms with E-state index >= 15 is 4.39 Å². The van der Waals surface area contributed by atoms with Crippen LogP contribution < -0.4 is 5.32 Å². The number of carbonyl (C=O) groups is 1. The quantitative estimate of drug-likeness (QED) is 0.299. The molecular formula is C31H28F3N3O. The number of rotatable bonds is 5. The van der Waals surface area contributed by atoms with E-state index in [1.54, 1.807) is 6.07 Å². The zero-order valence-electron chi connectivity index (χ0n) is 20.9. The Morgan fingerprint density at radius 2 is 1.76 bits per heavy atom. The molecule has 0 bridgehead atoms. The Morgan fingerprint density at radius 1 is 0.921 bits per heavy atom. The molecule has 0 aliphatic heterocycles. The predicted molar refractivity (Wildman–Crippen MR) is 139 cm³/mol. The summed E-state index contributed by atoms with van der Waals surface area (Å²) in [5.41, 5.74) is 5.07. The molecule has 1 aromatic heterocycles. The number of hydrogen-bond donors (Lipinski definition) is 1. The van der Waals surface area contributed by atoms with Gasteiger partial charge < -0.3 is 5.32 Å². The number of aromatic nitrogens is 2. The lowest BCUT2D eigenvalue weighted by atomic mass is 9.90. The summed E-state index contributed by atoms with van der Waals surface area (Å²) in [5.74, 6) is -2.15. The highest BCUT2D eigenvalue weighted by Gasteiger charge is 2.33. The zero-order chi connectivity index (χ0) is 26.2. The molecule has 4 nitrogen and oxygen atoms in total. The number of halogens is 3. The highest BCUT2D eigenvalue weighted by molar-refractivity contribution is 5.94. The largest absolute Gasteiger partial charge is 0.344 e. The van der Waals surface area contributed by atoms with Gasteiger partial charge in [0.1, 0.15) is 17.3 Å². The van der Waals surface area contributed by atoms with E-state index in [0.29, 0.717) is 12.8 Å². The topological polar surface area (TPSA) is 46.9 Å². The lowest BCUT2D eigenvalue weighted by molar-refractivity contribution is 0.0930. The van der Waals surface area contributed by atoms with Crippen LogP contribution in [0.2, 0.25) is 0 Å². The van der Waals surface area contributed by atoms with E-state index in [1.165, 1.54) is 34.5 Å². The fourth-order valence-corrected chi connectivity index (χ4v) is 6.06. The smallest absolute Gasteiger partial charge is 0.272 e. The van der Waals surface area contributed by atoms with Gasteiger partial charge in [-0.2, -0.15) is 5.10 Å². The number of nitrogens with zero attached hydrogens (tertiary/aromatic N) is 2. The van der Waals surface area contributed by atoms with Gasteiger partial charge >= 0.3 is 0 Å². The Bertz CT molecular complexity index is 1510. The van der Waals surface area contributed by atoms with E-state index in [2.05, 4.69) is 16.5 Å². The molecule has 194 valence electrons. The van der Waals surface area contributed by atoms with E-state index in [9.17, 15) is 13.6 Å². The molecule has 6 rings (SSSR count). The molecule has 2 atom stereocenters. The van der Waals surface area contributed by atoms with Gasteiger partial charge in [0.05, 0.1) is 11.7 Å². The van der Waals surface area contributed by atoms with Gasteiger partial charge in [-0.05, 0) is 79.5 Å². The van der Waals surface area contributed by atoms with Crippen molar-refractivity contribution in [2.24, 2.45) is 0 Å². The van der Waals surface area contributed by atoms with Crippen molar-refractivity contribution in [2.75, 3.05) is 0 Å². The Balaban J connectivity index is 1.43. The van der Waals surface area contributed by atoms with Crippen molar-refractivity contribution in [2.45, 2.75) is 56.9 Å². The number of carbonyl (C=O) groups excluding carboxylic acids is 1. The van der Waals surface area contributed by atoms with Crippen molar-refractivity contribution in [3.8, 4) is 5.69 Å². The van der Waals surface area contributed by atoms with E-state index < -0.39 is 11.6 Å². The van der Waals surface area contributed by atoms with Gasteiger partial charge in [-0.1, -0.05) is 42.8 Å². The number of benzene rings is 3. The summed E-state index contributed by atoms with van der Waals surface area (Å²) in [7, 11) is 0. The third-order valence-corrected chi connectivity index (χ3v) is 7.80.